The maximum absolute atomic E-state index is 11.5. The Balaban J connectivity index is 2.48. The molecule has 1 aliphatic heterocycles. The van der Waals surface area contributed by atoms with Gasteiger partial charge in [0.05, 0.1) is 0 Å². The number of ether oxygens (including phenoxy) is 1. The van der Waals surface area contributed by atoms with E-state index in [0.29, 0.717) is 5.75 Å². The number of H-pyrrole nitrogens is 1. The highest BCUT2D eigenvalue weighted by molar-refractivity contribution is 6.05. The number of hydrogen-bond acceptors (Lipinski definition) is 3. The van der Waals surface area contributed by atoms with Gasteiger partial charge in [-0.25, -0.2) is 4.79 Å². The van der Waals surface area contributed by atoms with Crippen molar-refractivity contribution < 1.29 is 19.4 Å². The lowest BCUT2D eigenvalue weighted by Crippen LogP contribution is -2.45. The fourth-order valence-corrected chi connectivity index (χ4v) is 1.36. The Morgan fingerprint density at radius 1 is 1.53 bits per heavy atom. The van der Waals surface area contributed by atoms with Crippen LogP contribution in [0.15, 0.2) is 6.20 Å². The fourth-order valence-electron chi connectivity index (χ4n) is 1.36. The number of carboxylic acids is 1. The smallest absolute Gasteiger partial charge is 0.354 e. The summed E-state index contributed by atoms with van der Waals surface area (Å²) in [5.74, 6) is -1.16. The molecule has 0 spiro atoms. The molecule has 2 heterocycles. The molecule has 6 nitrogen and oxygen atoms in total. The first-order valence-corrected chi connectivity index (χ1v) is 4.37. The molecule has 0 radical (unpaired) electrons. The van der Waals surface area contributed by atoms with Crippen LogP contribution in [0.4, 0.5) is 5.69 Å². The molecule has 0 saturated heterocycles. The molecule has 0 saturated carbocycles. The molecule has 1 aliphatic rings. The van der Waals surface area contributed by atoms with Gasteiger partial charge in [-0.2, -0.15) is 0 Å². The normalized spacial score (nSPS) is 17.6. The Labute approximate surface area is 85.2 Å². The molecule has 1 amide bonds. The first kappa shape index (κ1) is 9.57. The van der Waals surface area contributed by atoms with Crippen molar-refractivity contribution in [3.05, 3.63) is 11.9 Å². The van der Waals surface area contributed by atoms with E-state index in [-0.39, 0.29) is 17.3 Å². The number of carbonyl (C=O) groups is 2. The number of carboxylic acid groups (broad SMARTS) is 1. The molecule has 0 unspecified atom stereocenters. The second kappa shape index (κ2) is 2.75. The minimum absolute atomic E-state index is 0.0751. The number of fused-ring (bicyclic) bond motifs is 1. The van der Waals surface area contributed by atoms with Gasteiger partial charge in [-0.1, -0.05) is 0 Å². The lowest BCUT2D eigenvalue weighted by Gasteiger charge is -2.29. The van der Waals surface area contributed by atoms with Gasteiger partial charge in [0, 0.05) is 6.20 Å². The average Bonchev–Trinajstić information content (AvgIpc) is 2.47. The second-order valence-corrected chi connectivity index (χ2v) is 3.77. The zero-order valence-electron chi connectivity index (χ0n) is 8.25. The van der Waals surface area contributed by atoms with Crippen LogP contribution in [0.2, 0.25) is 0 Å². The molecular formula is C9H10N2O4. The summed E-state index contributed by atoms with van der Waals surface area (Å²) >= 11 is 0. The summed E-state index contributed by atoms with van der Waals surface area (Å²) in [6, 6.07) is 0. The minimum atomic E-state index is -1.14. The maximum Gasteiger partial charge on any atom is 0.354 e. The number of rotatable bonds is 1. The Hall–Kier alpha value is -1.98. The van der Waals surface area contributed by atoms with Crippen LogP contribution in [-0.2, 0) is 4.79 Å². The molecule has 1 aromatic rings. The highest BCUT2D eigenvalue weighted by Gasteiger charge is 2.38. The summed E-state index contributed by atoms with van der Waals surface area (Å²) in [7, 11) is 0. The predicted octanol–water partition coefficient (Wildman–Crippen LogP) is 0.822. The number of nitrogens with one attached hydrogen (secondary N) is 2. The van der Waals surface area contributed by atoms with Crippen LogP contribution in [0.5, 0.6) is 5.75 Å². The number of amides is 1. The fraction of sp³-hybridized carbons (Fsp3) is 0.333. The third-order valence-electron chi connectivity index (χ3n) is 2.21. The summed E-state index contributed by atoms with van der Waals surface area (Å²) in [6.45, 7) is 3.22. The van der Waals surface area contributed by atoms with Crippen LogP contribution in [-0.4, -0.2) is 27.6 Å². The highest BCUT2D eigenvalue weighted by atomic mass is 16.5. The van der Waals surface area contributed by atoms with E-state index in [2.05, 4.69) is 10.3 Å². The van der Waals surface area contributed by atoms with Crippen molar-refractivity contribution >= 4 is 17.6 Å². The van der Waals surface area contributed by atoms with Gasteiger partial charge in [0.15, 0.2) is 17.0 Å². The first-order valence-electron chi connectivity index (χ1n) is 4.37. The Bertz CT molecular complexity index is 447. The van der Waals surface area contributed by atoms with Crippen LogP contribution in [0.1, 0.15) is 24.3 Å². The van der Waals surface area contributed by atoms with Crippen molar-refractivity contribution in [2.24, 2.45) is 0 Å². The second-order valence-electron chi connectivity index (χ2n) is 3.77. The maximum atomic E-state index is 11.5. The van der Waals surface area contributed by atoms with Gasteiger partial charge in [-0.15, -0.1) is 0 Å². The van der Waals surface area contributed by atoms with Crippen LogP contribution >= 0.6 is 0 Å². The lowest BCUT2D eigenvalue weighted by molar-refractivity contribution is -0.129. The van der Waals surface area contributed by atoms with Crippen LogP contribution in [0.3, 0.4) is 0 Å². The Kier molecular flexibility index (Phi) is 1.76. The van der Waals surface area contributed by atoms with Crippen molar-refractivity contribution in [2.45, 2.75) is 19.4 Å². The number of aromatic carboxylic acids is 1. The Morgan fingerprint density at radius 2 is 2.20 bits per heavy atom. The molecule has 0 aliphatic carbocycles. The number of carbonyl (C=O) groups excluding carboxylic acids is 1. The summed E-state index contributed by atoms with van der Waals surface area (Å²) < 4.78 is 5.36. The molecule has 80 valence electrons. The molecule has 1 aromatic heterocycles. The molecule has 0 fully saturated rings. The van der Waals surface area contributed by atoms with E-state index in [9.17, 15) is 9.59 Å². The molecule has 6 heteroatoms. The molecule has 0 aromatic carbocycles. The molecule has 3 N–H and O–H groups in total. The minimum Gasteiger partial charge on any atom is -0.477 e. The van der Waals surface area contributed by atoms with Gasteiger partial charge in [-0.3, -0.25) is 4.79 Å². The average molecular weight is 210 g/mol. The van der Waals surface area contributed by atoms with Crippen molar-refractivity contribution in [3.63, 3.8) is 0 Å². The van der Waals surface area contributed by atoms with E-state index < -0.39 is 11.6 Å². The van der Waals surface area contributed by atoms with Gasteiger partial charge in [0.2, 0.25) is 0 Å². The van der Waals surface area contributed by atoms with Gasteiger partial charge in [0.1, 0.15) is 5.69 Å². The SMILES string of the molecule is CC1(C)Oc2c[nH]c(C(=O)O)c2NC1=O. The van der Waals surface area contributed by atoms with E-state index in [1.807, 2.05) is 0 Å². The molecule has 2 rings (SSSR count). The number of aromatic amines is 1. The van der Waals surface area contributed by atoms with Gasteiger partial charge in [-0.05, 0) is 13.8 Å². The standard InChI is InChI=1S/C9H10N2O4/c1-9(2)8(14)11-5-4(15-9)3-10-6(5)7(12)13/h3,10H,1-2H3,(H,11,14)(H,12,13). The monoisotopic (exact) mass is 210 g/mol. The molecule has 0 atom stereocenters. The van der Waals surface area contributed by atoms with E-state index in [4.69, 9.17) is 9.84 Å². The zero-order chi connectivity index (χ0) is 11.2. The quantitative estimate of drug-likeness (QED) is 0.640. The Morgan fingerprint density at radius 3 is 2.80 bits per heavy atom. The van der Waals surface area contributed by atoms with Crippen molar-refractivity contribution in [1.82, 2.24) is 4.98 Å². The third-order valence-corrected chi connectivity index (χ3v) is 2.21. The van der Waals surface area contributed by atoms with Gasteiger partial charge < -0.3 is 20.1 Å². The topological polar surface area (TPSA) is 91.4 Å². The predicted molar refractivity (Wildman–Crippen MR) is 51.1 cm³/mol. The van der Waals surface area contributed by atoms with Crippen molar-refractivity contribution in [2.75, 3.05) is 5.32 Å². The van der Waals surface area contributed by atoms with E-state index in [1.165, 1.54) is 6.20 Å². The lowest BCUT2D eigenvalue weighted by atomic mass is 10.1. The zero-order valence-corrected chi connectivity index (χ0v) is 8.25. The van der Waals surface area contributed by atoms with E-state index >= 15 is 0 Å². The molecule has 0 bridgehead atoms. The first-order chi connectivity index (χ1) is 6.92. The number of hydrogen-bond donors (Lipinski definition) is 3. The highest BCUT2D eigenvalue weighted by Crippen LogP contribution is 2.35. The number of anilines is 1. The number of aromatic nitrogens is 1. The third kappa shape index (κ3) is 1.34. The summed E-state index contributed by atoms with van der Waals surface area (Å²) in [5.41, 5.74) is -0.869. The van der Waals surface area contributed by atoms with Crippen molar-refractivity contribution in [1.29, 1.82) is 0 Å². The van der Waals surface area contributed by atoms with Crippen LogP contribution < -0.4 is 10.1 Å². The largest absolute Gasteiger partial charge is 0.477 e. The molecule has 15 heavy (non-hydrogen) atoms. The van der Waals surface area contributed by atoms with Gasteiger partial charge >= 0.3 is 5.97 Å². The summed E-state index contributed by atoms with van der Waals surface area (Å²) in [6.07, 6.45) is 1.42. The summed E-state index contributed by atoms with van der Waals surface area (Å²) in [4.78, 5) is 24.8. The summed E-state index contributed by atoms with van der Waals surface area (Å²) in [5, 5.41) is 11.3. The van der Waals surface area contributed by atoms with Gasteiger partial charge in [0.25, 0.3) is 5.91 Å². The van der Waals surface area contributed by atoms with Crippen LogP contribution in [0, 0.1) is 0 Å². The van der Waals surface area contributed by atoms with E-state index in [1.54, 1.807) is 13.8 Å². The van der Waals surface area contributed by atoms with Crippen molar-refractivity contribution in [3.8, 4) is 5.75 Å². The van der Waals surface area contributed by atoms with Crippen LogP contribution in [0.25, 0.3) is 0 Å². The van der Waals surface area contributed by atoms with E-state index in [0.717, 1.165) is 0 Å². The molecular weight excluding hydrogens is 200 g/mol.